The van der Waals surface area contributed by atoms with Crippen molar-refractivity contribution in [2.75, 3.05) is 11.5 Å². The molecular formula is C12H18N2O4S. The number of carbonyl (C=O) groups is 1. The van der Waals surface area contributed by atoms with Crippen LogP contribution in [0.2, 0.25) is 0 Å². The fourth-order valence-electron chi connectivity index (χ4n) is 2.58. The van der Waals surface area contributed by atoms with Gasteiger partial charge in [-0.1, -0.05) is 0 Å². The van der Waals surface area contributed by atoms with Crippen LogP contribution in [-0.2, 0) is 21.1 Å². The summed E-state index contributed by atoms with van der Waals surface area (Å²) in [5.74, 6) is -0.508. The van der Waals surface area contributed by atoms with Gasteiger partial charge in [0, 0.05) is 11.3 Å². The monoisotopic (exact) mass is 286 g/mol. The lowest BCUT2D eigenvalue weighted by Crippen LogP contribution is -2.26. The second kappa shape index (κ2) is 4.96. The lowest BCUT2D eigenvalue weighted by Gasteiger charge is -2.23. The van der Waals surface area contributed by atoms with E-state index in [0.29, 0.717) is 18.5 Å². The van der Waals surface area contributed by atoms with E-state index in [1.54, 1.807) is 6.92 Å². The number of rotatable bonds is 3. The Bertz CT molecular complexity index is 589. The number of hydrogen-bond donors (Lipinski definition) is 1. The first-order valence-electron chi connectivity index (χ1n) is 6.27. The van der Waals surface area contributed by atoms with Crippen molar-refractivity contribution in [2.45, 2.75) is 39.2 Å². The number of carboxylic acids is 1. The summed E-state index contributed by atoms with van der Waals surface area (Å²) in [6, 6.07) is 0.0600. The molecule has 0 bridgehead atoms. The molecule has 0 radical (unpaired) electrons. The third-order valence-corrected chi connectivity index (χ3v) is 5.39. The average molecular weight is 286 g/mol. The zero-order chi connectivity index (χ0) is 14.2. The lowest BCUT2D eigenvalue weighted by molar-refractivity contribution is -0.136. The third-order valence-electron chi connectivity index (χ3n) is 3.67. The van der Waals surface area contributed by atoms with E-state index < -0.39 is 15.8 Å². The van der Waals surface area contributed by atoms with E-state index in [-0.39, 0.29) is 24.0 Å². The van der Waals surface area contributed by atoms with Crippen molar-refractivity contribution >= 4 is 15.8 Å². The molecule has 0 spiro atoms. The Kier molecular flexibility index (Phi) is 3.66. The second-order valence-electron chi connectivity index (χ2n) is 5.05. The molecule has 0 aliphatic carbocycles. The minimum Gasteiger partial charge on any atom is -0.481 e. The molecule has 2 rings (SSSR count). The van der Waals surface area contributed by atoms with Crippen molar-refractivity contribution in [3.05, 3.63) is 17.0 Å². The van der Waals surface area contributed by atoms with Crippen molar-refractivity contribution in [2.24, 2.45) is 0 Å². The van der Waals surface area contributed by atoms with Gasteiger partial charge in [0.1, 0.15) is 9.84 Å². The standard InChI is InChI=1S/C12H18N2O4S/c1-8-11(7-12(15)16)9(2)14(13-8)10-3-5-19(17,18)6-4-10/h10H,3-7H2,1-2H3,(H,15,16). The number of aryl methyl sites for hydroxylation is 1. The summed E-state index contributed by atoms with van der Waals surface area (Å²) in [6.07, 6.45) is 1.07. The molecule has 1 fully saturated rings. The van der Waals surface area contributed by atoms with E-state index in [4.69, 9.17) is 5.11 Å². The summed E-state index contributed by atoms with van der Waals surface area (Å²) in [5.41, 5.74) is 2.29. The van der Waals surface area contributed by atoms with Gasteiger partial charge in [0.2, 0.25) is 0 Å². The van der Waals surface area contributed by atoms with Crippen molar-refractivity contribution in [3.8, 4) is 0 Å². The largest absolute Gasteiger partial charge is 0.481 e. The molecule has 19 heavy (non-hydrogen) atoms. The third kappa shape index (κ3) is 2.97. The van der Waals surface area contributed by atoms with E-state index >= 15 is 0 Å². The number of aliphatic carboxylic acids is 1. The normalized spacial score (nSPS) is 19.5. The van der Waals surface area contributed by atoms with Gasteiger partial charge in [-0.3, -0.25) is 9.48 Å². The first-order chi connectivity index (χ1) is 8.80. The molecule has 1 N–H and O–H groups in total. The number of nitrogens with zero attached hydrogens (tertiary/aromatic N) is 2. The van der Waals surface area contributed by atoms with E-state index in [1.807, 2.05) is 11.6 Å². The Balaban J connectivity index is 2.24. The molecule has 0 unspecified atom stereocenters. The van der Waals surface area contributed by atoms with Crippen LogP contribution in [-0.4, -0.2) is 40.8 Å². The fraction of sp³-hybridized carbons (Fsp3) is 0.667. The Morgan fingerprint density at radius 1 is 1.37 bits per heavy atom. The van der Waals surface area contributed by atoms with Crippen LogP contribution in [0.4, 0.5) is 0 Å². The Morgan fingerprint density at radius 2 is 1.95 bits per heavy atom. The van der Waals surface area contributed by atoms with Gasteiger partial charge in [-0.25, -0.2) is 8.42 Å². The number of carboxylic acid groups (broad SMARTS) is 1. The van der Waals surface area contributed by atoms with Crippen LogP contribution in [0.25, 0.3) is 0 Å². The van der Waals surface area contributed by atoms with Crippen LogP contribution in [0.1, 0.15) is 35.8 Å². The molecule has 1 aliphatic rings. The molecule has 2 heterocycles. The molecule has 1 aromatic heterocycles. The molecular weight excluding hydrogens is 268 g/mol. The van der Waals surface area contributed by atoms with E-state index in [2.05, 4.69) is 5.10 Å². The van der Waals surface area contributed by atoms with Crippen molar-refractivity contribution in [1.82, 2.24) is 9.78 Å². The molecule has 0 aromatic carbocycles. The summed E-state index contributed by atoms with van der Waals surface area (Å²) in [6.45, 7) is 3.64. The van der Waals surface area contributed by atoms with Crippen LogP contribution in [0.5, 0.6) is 0 Å². The SMILES string of the molecule is Cc1nn(C2CCS(=O)(=O)CC2)c(C)c1CC(=O)O. The molecule has 0 amide bonds. The van der Waals surface area contributed by atoms with Crippen LogP contribution in [0.3, 0.4) is 0 Å². The minimum absolute atomic E-state index is 0.0390. The summed E-state index contributed by atoms with van der Waals surface area (Å²) in [4.78, 5) is 10.8. The van der Waals surface area contributed by atoms with Gasteiger partial charge in [-0.15, -0.1) is 0 Å². The van der Waals surface area contributed by atoms with Crippen molar-refractivity contribution in [3.63, 3.8) is 0 Å². The molecule has 1 saturated heterocycles. The van der Waals surface area contributed by atoms with Gasteiger partial charge in [0.15, 0.2) is 0 Å². The molecule has 0 atom stereocenters. The molecule has 1 aromatic rings. The topological polar surface area (TPSA) is 89.3 Å². The highest BCUT2D eigenvalue weighted by Crippen LogP contribution is 2.27. The Hall–Kier alpha value is -1.37. The van der Waals surface area contributed by atoms with Crippen LogP contribution >= 0.6 is 0 Å². The number of aromatic nitrogens is 2. The van der Waals surface area contributed by atoms with Gasteiger partial charge < -0.3 is 5.11 Å². The highest BCUT2D eigenvalue weighted by Gasteiger charge is 2.27. The first kappa shape index (κ1) is 14.0. The highest BCUT2D eigenvalue weighted by molar-refractivity contribution is 7.91. The van der Waals surface area contributed by atoms with Gasteiger partial charge in [0.25, 0.3) is 0 Å². The summed E-state index contributed by atoms with van der Waals surface area (Å²) < 4.78 is 24.7. The molecule has 1 aliphatic heterocycles. The zero-order valence-electron chi connectivity index (χ0n) is 11.1. The number of sulfone groups is 1. The smallest absolute Gasteiger partial charge is 0.307 e. The quantitative estimate of drug-likeness (QED) is 0.890. The Morgan fingerprint density at radius 3 is 2.47 bits per heavy atom. The fourth-order valence-corrected chi connectivity index (χ4v) is 4.05. The van der Waals surface area contributed by atoms with Crippen LogP contribution < -0.4 is 0 Å². The minimum atomic E-state index is -2.89. The maximum absolute atomic E-state index is 11.4. The second-order valence-corrected chi connectivity index (χ2v) is 7.35. The maximum Gasteiger partial charge on any atom is 0.307 e. The molecule has 0 saturated carbocycles. The van der Waals surface area contributed by atoms with Gasteiger partial charge in [0.05, 0.1) is 29.7 Å². The van der Waals surface area contributed by atoms with Crippen molar-refractivity contribution in [1.29, 1.82) is 0 Å². The zero-order valence-corrected chi connectivity index (χ0v) is 11.9. The highest BCUT2D eigenvalue weighted by atomic mass is 32.2. The van der Waals surface area contributed by atoms with E-state index in [9.17, 15) is 13.2 Å². The average Bonchev–Trinajstić information content (AvgIpc) is 2.57. The van der Waals surface area contributed by atoms with Gasteiger partial charge >= 0.3 is 5.97 Å². The first-order valence-corrected chi connectivity index (χ1v) is 8.09. The van der Waals surface area contributed by atoms with E-state index in [0.717, 1.165) is 11.3 Å². The molecule has 7 heteroatoms. The summed E-state index contributed by atoms with van der Waals surface area (Å²) in [7, 11) is -2.89. The molecule has 6 nitrogen and oxygen atoms in total. The lowest BCUT2D eigenvalue weighted by atomic mass is 10.1. The summed E-state index contributed by atoms with van der Waals surface area (Å²) in [5, 5.41) is 13.3. The maximum atomic E-state index is 11.4. The van der Waals surface area contributed by atoms with Crippen molar-refractivity contribution < 1.29 is 18.3 Å². The van der Waals surface area contributed by atoms with E-state index in [1.165, 1.54) is 0 Å². The predicted molar refractivity (Wildman–Crippen MR) is 70.0 cm³/mol. The van der Waals surface area contributed by atoms with Crippen LogP contribution in [0, 0.1) is 13.8 Å². The summed E-state index contributed by atoms with van der Waals surface area (Å²) >= 11 is 0. The molecule has 106 valence electrons. The van der Waals surface area contributed by atoms with Crippen LogP contribution in [0.15, 0.2) is 0 Å². The Labute approximate surface area is 112 Å². The van der Waals surface area contributed by atoms with Gasteiger partial charge in [-0.05, 0) is 26.7 Å². The predicted octanol–water partition coefficient (Wildman–Crippen LogP) is 0.877. The van der Waals surface area contributed by atoms with Gasteiger partial charge in [-0.2, -0.15) is 5.10 Å². The number of hydrogen-bond acceptors (Lipinski definition) is 4.